The third-order valence-electron chi connectivity index (χ3n) is 5.43. The Morgan fingerprint density at radius 3 is 2.47 bits per heavy atom. The maximum atomic E-state index is 12.9. The van der Waals surface area contributed by atoms with Crippen LogP contribution in [0, 0.1) is 0 Å². The topological polar surface area (TPSA) is 66.2 Å². The number of phenolic OH excluding ortho intramolecular Hbond substituents is 1. The van der Waals surface area contributed by atoms with Gasteiger partial charge < -0.3 is 19.2 Å². The number of fused-ring (bicyclic) bond motifs is 1. The summed E-state index contributed by atoms with van der Waals surface area (Å²) >= 11 is 0. The van der Waals surface area contributed by atoms with Crippen molar-refractivity contribution in [3.8, 4) is 17.1 Å². The van der Waals surface area contributed by atoms with E-state index < -0.39 is 5.97 Å². The SMILES string of the molecule is CCOC(=O)c1c(-c2ccccc2)oc2ccc(O)c(CN3CCN(C)CC3)c12.Cl. The average Bonchev–Trinajstić information content (AvgIpc) is 3.12. The molecule has 0 amide bonds. The van der Waals surface area contributed by atoms with E-state index in [1.807, 2.05) is 30.3 Å². The molecule has 0 spiro atoms. The van der Waals surface area contributed by atoms with Crippen molar-refractivity contribution >= 4 is 29.3 Å². The molecule has 1 N–H and O–H groups in total. The van der Waals surface area contributed by atoms with Gasteiger partial charge in [0.1, 0.15) is 22.7 Å². The first-order valence-corrected chi connectivity index (χ1v) is 9.99. The molecule has 0 unspecified atom stereocenters. The molecule has 160 valence electrons. The number of halogens is 1. The zero-order chi connectivity index (χ0) is 20.4. The summed E-state index contributed by atoms with van der Waals surface area (Å²) in [6.45, 7) is 6.37. The number of furan rings is 1. The Hall–Kier alpha value is -2.54. The van der Waals surface area contributed by atoms with Crippen molar-refractivity contribution in [3.05, 3.63) is 53.6 Å². The first kappa shape index (κ1) is 22.2. The molecule has 0 aliphatic carbocycles. The lowest BCUT2D eigenvalue weighted by atomic mass is 10.0. The van der Waals surface area contributed by atoms with Crippen molar-refractivity contribution in [2.45, 2.75) is 13.5 Å². The number of carbonyl (C=O) groups excluding carboxylic acids is 1. The van der Waals surface area contributed by atoms with Gasteiger partial charge in [0.2, 0.25) is 0 Å². The van der Waals surface area contributed by atoms with Gasteiger partial charge >= 0.3 is 5.97 Å². The lowest BCUT2D eigenvalue weighted by Crippen LogP contribution is -2.43. The fourth-order valence-electron chi connectivity index (χ4n) is 3.83. The molecular formula is C23H27ClN2O4. The van der Waals surface area contributed by atoms with Crippen LogP contribution in [0.25, 0.3) is 22.3 Å². The number of benzene rings is 2. The molecule has 0 bridgehead atoms. The molecule has 6 nitrogen and oxygen atoms in total. The normalized spacial score (nSPS) is 15.1. The quantitative estimate of drug-likeness (QED) is 0.613. The molecule has 1 aliphatic rings. The predicted molar refractivity (Wildman–Crippen MR) is 119 cm³/mol. The second-order valence-corrected chi connectivity index (χ2v) is 7.41. The van der Waals surface area contributed by atoms with E-state index in [4.69, 9.17) is 9.15 Å². The highest BCUT2D eigenvalue weighted by Gasteiger charge is 2.27. The Morgan fingerprint density at radius 1 is 1.10 bits per heavy atom. The monoisotopic (exact) mass is 430 g/mol. The van der Waals surface area contributed by atoms with Crippen LogP contribution in [0.5, 0.6) is 5.75 Å². The van der Waals surface area contributed by atoms with Gasteiger partial charge in [-0.1, -0.05) is 30.3 Å². The van der Waals surface area contributed by atoms with Gasteiger partial charge in [0.15, 0.2) is 0 Å². The number of rotatable bonds is 5. The molecular weight excluding hydrogens is 404 g/mol. The summed E-state index contributed by atoms with van der Waals surface area (Å²) in [4.78, 5) is 17.5. The highest BCUT2D eigenvalue weighted by atomic mass is 35.5. The highest BCUT2D eigenvalue weighted by molar-refractivity contribution is 6.10. The van der Waals surface area contributed by atoms with E-state index >= 15 is 0 Å². The van der Waals surface area contributed by atoms with Gasteiger partial charge in [-0.2, -0.15) is 0 Å². The Labute approximate surface area is 182 Å². The molecule has 0 atom stereocenters. The van der Waals surface area contributed by atoms with Gasteiger partial charge in [-0.05, 0) is 26.1 Å². The van der Waals surface area contributed by atoms with Gasteiger partial charge in [-0.3, -0.25) is 4.90 Å². The van der Waals surface area contributed by atoms with Crippen LogP contribution in [0.4, 0.5) is 0 Å². The number of phenols is 1. The van der Waals surface area contributed by atoms with Crippen molar-refractivity contribution in [1.82, 2.24) is 9.80 Å². The summed E-state index contributed by atoms with van der Waals surface area (Å²) in [5.41, 5.74) is 2.47. The highest BCUT2D eigenvalue weighted by Crippen LogP contribution is 2.39. The fourth-order valence-corrected chi connectivity index (χ4v) is 3.83. The van der Waals surface area contributed by atoms with Crippen LogP contribution in [0.15, 0.2) is 46.9 Å². The van der Waals surface area contributed by atoms with E-state index in [0.717, 1.165) is 31.7 Å². The second-order valence-electron chi connectivity index (χ2n) is 7.41. The standard InChI is InChI=1S/C23H26N2O4.ClH/c1-3-28-23(27)21-20-17(15-25-13-11-24(2)12-14-25)18(26)9-10-19(20)29-22(21)16-7-5-4-6-8-16;/h4-10,26H,3,11-15H2,1-2H3;1H. The van der Waals surface area contributed by atoms with E-state index in [0.29, 0.717) is 34.4 Å². The lowest BCUT2D eigenvalue weighted by molar-refractivity contribution is 0.0528. The number of hydrogen-bond donors (Lipinski definition) is 1. The summed E-state index contributed by atoms with van der Waals surface area (Å²) in [6.07, 6.45) is 0. The largest absolute Gasteiger partial charge is 0.508 e. The molecule has 4 rings (SSSR count). The first-order valence-electron chi connectivity index (χ1n) is 9.99. The number of ether oxygens (including phenoxy) is 1. The van der Waals surface area contributed by atoms with Crippen LogP contribution in [-0.2, 0) is 11.3 Å². The molecule has 1 aromatic heterocycles. The third kappa shape index (κ3) is 4.31. The number of hydrogen-bond acceptors (Lipinski definition) is 6. The summed E-state index contributed by atoms with van der Waals surface area (Å²) in [7, 11) is 2.11. The minimum atomic E-state index is -0.435. The van der Waals surface area contributed by atoms with E-state index in [-0.39, 0.29) is 24.8 Å². The zero-order valence-electron chi connectivity index (χ0n) is 17.3. The molecule has 2 heterocycles. The lowest BCUT2D eigenvalue weighted by Gasteiger charge is -2.32. The van der Waals surface area contributed by atoms with E-state index in [2.05, 4.69) is 16.8 Å². The van der Waals surface area contributed by atoms with Crippen LogP contribution in [0.3, 0.4) is 0 Å². The molecule has 1 saturated heterocycles. The van der Waals surface area contributed by atoms with E-state index in [1.165, 1.54) is 0 Å². The Kier molecular flexibility index (Phi) is 7.02. The minimum absolute atomic E-state index is 0. The number of aromatic hydroxyl groups is 1. The summed E-state index contributed by atoms with van der Waals surface area (Å²) in [5, 5.41) is 11.3. The summed E-state index contributed by atoms with van der Waals surface area (Å²) in [5.74, 6) is 0.210. The predicted octanol–water partition coefficient (Wildman–Crippen LogP) is 4.15. The zero-order valence-corrected chi connectivity index (χ0v) is 18.1. The summed E-state index contributed by atoms with van der Waals surface area (Å²) < 4.78 is 11.5. The number of likely N-dealkylation sites (N-methyl/N-ethyl adjacent to an activating group) is 1. The van der Waals surface area contributed by atoms with Crippen LogP contribution >= 0.6 is 12.4 Å². The fraction of sp³-hybridized carbons (Fsp3) is 0.348. The van der Waals surface area contributed by atoms with E-state index in [9.17, 15) is 9.90 Å². The van der Waals surface area contributed by atoms with Crippen molar-refractivity contribution in [1.29, 1.82) is 0 Å². The maximum absolute atomic E-state index is 12.9. The smallest absolute Gasteiger partial charge is 0.342 e. The number of nitrogens with zero attached hydrogens (tertiary/aromatic N) is 2. The first-order chi connectivity index (χ1) is 14.1. The Balaban J connectivity index is 0.00000256. The molecule has 0 saturated carbocycles. The van der Waals surface area contributed by atoms with Gasteiger partial charge in [0.25, 0.3) is 0 Å². The Bertz CT molecular complexity index is 1010. The maximum Gasteiger partial charge on any atom is 0.342 e. The molecule has 2 aromatic carbocycles. The number of piperazine rings is 1. The van der Waals surface area contributed by atoms with Crippen molar-refractivity contribution in [3.63, 3.8) is 0 Å². The molecule has 1 aliphatic heterocycles. The molecule has 0 radical (unpaired) electrons. The summed E-state index contributed by atoms with van der Waals surface area (Å²) in [6, 6.07) is 12.9. The van der Waals surface area contributed by atoms with Gasteiger partial charge in [0, 0.05) is 49.2 Å². The van der Waals surface area contributed by atoms with Gasteiger partial charge in [0.05, 0.1) is 6.61 Å². The number of carbonyl (C=O) groups is 1. The van der Waals surface area contributed by atoms with Gasteiger partial charge in [-0.25, -0.2) is 4.79 Å². The molecule has 1 fully saturated rings. The van der Waals surface area contributed by atoms with E-state index in [1.54, 1.807) is 19.1 Å². The second kappa shape index (κ2) is 9.51. The third-order valence-corrected chi connectivity index (χ3v) is 5.43. The van der Waals surface area contributed by atoms with Crippen LogP contribution in [0.1, 0.15) is 22.8 Å². The van der Waals surface area contributed by atoms with Crippen LogP contribution in [-0.4, -0.2) is 60.7 Å². The van der Waals surface area contributed by atoms with Crippen molar-refractivity contribution < 1.29 is 19.1 Å². The van der Waals surface area contributed by atoms with Crippen LogP contribution in [0.2, 0.25) is 0 Å². The minimum Gasteiger partial charge on any atom is -0.508 e. The average molecular weight is 431 g/mol. The van der Waals surface area contributed by atoms with Crippen molar-refractivity contribution in [2.75, 3.05) is 39.8 Å². The molecule has 3 aromatic rings. The van der Waals surface area contributed by atoms with Crippen molar-refractivity contribution in [2.24, 2.45) is 0 Å². The number of esters is 1. The molecule has 7 heteroatoms. The van der Waals surface area contributed by atoms with Crippen LogP contribution < -0.4 is 0 Å². The molecule has 30 heavy (non-hydrogen) atoms. The van der Waals surface area contributed by atoms with Gasteiger partial charge in [-0.15, -0.1) is 12.4 Å². The Morgan fingerprint density at radius 2 is 1.80 bits per heavy atom.